The Hall–Kier alpha value is -1.39. The summed E-state index contributed by atoms with van der Waals surface area (Å²) in [7, 11) is 0. The SMILES string of the molecule is CC(C)NCc1cccc(NC(=O)COC(C)(C)C)c1. The number of hydrogen-bond acceptors (Lipinski definition) is 3. The van der Waals surface area contributed by atoms with Crippen LogP contribution in [-0.4, -0.2) is 24.2 Å². The normalized spacial score (nSPS) is 11.7. The summed E-state index contributed by atoms with van der Waals surface area (Å²) < 4.78 is 5.45. The van der Waals surface area contributed by atoms with Crippen molar-refractivity contribution in [3.63, 3.8) is 0 Å². The van der Waals surface area contributed by atoms with Crippen molar-refractivity contribution < 1.29 is 9.53 Å². The van der Waals surface area contributed by atoms with E-state index in [1.165, 1.54) is 0 Å². The number of amides is 1. The van der Waals surface area contributed by atoms with E-state index in [2.05, 4.69) is 24.5 Å². The third-order valence-corrected chi connectivity index (χ3v) is 2.56. The maximum atomic E-state index is 11.8. The molecule has 0 radical (unpaired) electrons. The number of anilines is 1. The average molecular weight is 278 g/mol. The smallest absolute Gasteiger partial charge is 0.250 e. The number of hydrogen-bond donors (Lipinski definition) is 2. The lowest BCUT2D eigenvalue weighted by Crippen LogP contribution is -2.27. The van der Waals surface area contributed by atoms with Crippen molar-refractivity contribution in [3.05, 3.63) is 29.8 Å². The number of carbonyl (C=O) groups excluding carboxylic acids is 1. The molecule has 0 saturated carbocycles. The molecule has 4 heteroatoms. The van der Waals surface area contributed by atoms with E-state index in [1.54, 1.807) is 0 Å². The summed E-state index contributed by atoms with van der Waals surface area (Å²) in [5, 5.41) is 6.20. The fraction of sp³-hybridized carbons (Fsp3) is 0.562. The van der Waals surface area contributed by atoms with Gasteiger partial charge in [-0.3, -0.25) is 4.79 Å². The van der Waals surface area contributed by atoms with Crippen LogP contribution in [0.2, 0.25) is 0 Å². The van der Waals surface area contributed by atoms with Crippen LogP contribution in [0.1, 0.15) is 40.2 Å². The average Bonchev–Trinajstić information content (AvgIpc) is 2.34. The molecule has 0 heterocycles. The summed E-state index contributed by atoms with van der Waals surface area (Å²) in [5.74, 6) is -0.131. The molecule has 1 aromatic rings. The first-order valence-corrected chi connectivity index (χ1v) is 7.02. The van der Waals surface area contributed by atoms with Crippen LogP contribution in [0.15, 0.2) is 24.3 Å². The van der Waals surface area contributed by atoms with E-state index in [4.69, 9.17) is 4.74 Å². The zero-order valence-electron chi connectivity index (χ0n) is 13.1. The second kappa shape index (κ2) is 7.41. The van der Waals surface area contributed by atoms with Crippen molar-refractivity contribution >= 4 is 11.6 Å². The van der Waals surface area contributed by atoms with E-state index in [1.807, 2.05) is 45.0 Å². The second-order valence-electron chi connectivity index (χ2n) is 6.19. The standard InChI is InChI=1S/C16H26N2O2/c1-12(2)17-10-13-7-6-8-14(9-13)18-15(19)11-20-16(3,4)5/h6-9,12,17H,10-11H2,1-5H3,(H,18,19). The third-order valence-electron chi connectivity index (χ3n) is 2.56. The van der Waals surface area contributed by atoms with E-state index < -0.39 is 0 Å². The summed E-state index contributed by atoms with van der Waals surface area (Å²) >= 11 is 0. The summed E-state index contributed by atoms with van der Waals surface area (Å²) in [4.78, 5) is 11.8. The maximum Gasteiger partial charge on any atom is 0.250 e. The van der Waals surface area contributed by atoms with Crippen molar-refractivity contribution in [1.82, 2.24) is 5.32 Å². The topological polar surface area (TPSA) is 50.4 Å². The van der Waals surface area contributed by atoms with Crippen LogP contribution in [0.4, 0.5) is 5.69 Å². The van der Waals surface area contributed by atoms with Gasteiger partial charge in [-0.1, -0.05) is 26.0 Å². The Balaban J connectivity index is 2.51. The summed E-state index contributed by atoms with van der Waals surface area (Å²) in [6.45, 7) is 10.9. The number of carbonyl (C=O) groups is 1. The maximum absolute atomic E-state index is 11.8. The number of benzene rings is 1. The van der Waals surface area contributed by atoms with Gasteiger partial charge in [-0.05, 0) is 38.5 Å². The van der Waals surface area contributed by atoms with Crippen LogP contribution in [0.5, 0.6) is 0 Å². The number of rotatable bonds is 6. The van der Waals surface area contributed by atoms with Crippen LogP contribution < -0.4 is 10.6 Å². The van der Waals surface area contributed by atoms with Gasteiger partial charge in [0.1, 0.15) is 6.61 Å². The molecular formula is C16H26N2O2. The first-order valence-electron chi connectivity index (χ1n) is 7.02. The minimum absolute atomic E-state index is 0.0674. The molecule has 112 valence electrons. The molecule has 2 N–H and O–H groups in total. The van der Waals surface area contributed by atoms with E-state index in [0.29, 0.717) is 6.04 Å². The second-order valence-corrected chi connectivity index (χ2v) is 6.19. The van der Waals surface area contributed by atoms with Gasteiger partial charge in [0.15, 0.2) is 0 Å². The molecule has 0 unspecified atom stereocenters. The Morgan fingerprint density at radius 3 is 2.60 bits per heavy atom. The number of ether oxygens (including phenoxy) is 1. The first-order chi connectivity index (χ1) is 9.26. The van der Waals surface area contributed by atoms with Gasteiger partial charge in [-0.25, -0.2) is 0 Å². The lowest BCUT2D eigenvalue weighted by atomic mass is 10.2. The van der Waals surface area contributed by atoms with Gasteiger partial charge >= 0.3 is 0 Å². The van der Waals surface area contributed by atoms with Gasteiger partial charge in [0.2, 0.25) is 5.91 Å². The lowest BCUT2D eigenvalue weighted by Gasteiger charge is -2.19. The van der Waals surface area contributed by atoms with Crippen molar-refractivity contribution in [3.8, 4) is 0 Å². The number of nitrogens with one attached hydrogen (secondary N) is 2. The van der Waals surface area contributed by atoms with Crippen molar-refractivity contribution in [2.45, 2.75) is 52.8 Å². The molecule has 0 aliphatic rings. The molecule has 0 spiro atoms. The predicted molar refractivity (Wildman–Crippen MR) is 82.8 cm³/mol. The summed E-state index contributed by atoms with van der Waals surface area (Å²) in [6, 6.07) is 8.28. The van der Waals surface area contributed by atoms with Crippen LogP contribution in [-0.2, 0) is 16.1 Å². The molecule has 0 atom stereocenters. The van der Waals surface area contributed by atoms with Gasteiger partial charge in [0.05, 0.1) is 5.60 Å². The molecule has 1 amide bonds. The quantitative estimate of drug-likeness (QED) is 0.841. The van der Waals surface area contributed by atoms with Crippen LogP contribution in [0.3, 0.4) is 0 Å². The highest BCUT2D eigenvalue weighted by Crippen LogP contribution is 2.12. The highest BCUT2D eigenvalue weighted by molar-refractivity contribution is 5.91. The van der Waals surface area contributed by atoms with Crippen molar-refractivity contribution in [2.75, 3.05) is 11.9 Å². The van der Waals surface area contributed by atoms with Crippen molar-refractivity contribution in [1.29, 1.82) is 0 Å². The summed E-state index contributed by atoms with van der Waals surface area (Å²) in [6.07, 6.45) is 0. The fourth-order valence-electron chi connectivity index (χ4n) is 1.56. The van der Waals surface area contributed by atoms with Gasteiger partial charge in [0, 0.05) is 18.3 Å². The summed E-state index contributed by atoms with van der Waals surface area (Å²) in [5.41, 5.74) is 1.64. The molecule has 0 saturated heterocycles. The van der Waals surface area contributed by atoms with E-state index in [9.17, 15) is 4.79 Å². The molecule has 1 aromatic carbocycles. The molecule has 0 aliphatic carbocycles. The Labute approximate surface area is 121 Å². The van der Waals surface area contributed by atoms with Gasteiger partial charge < -0.3 is 15.4 Å². The fourth-order valence-corrected chi connectivity index (χ4v) is 1.56. The van der Waals surface area contributed by atoms with E-state index >= 15 is 0 Å². The van der Waals surface area contributed by atoms with Crippen LogP contribution >= 0.6 is 0 Å². The van der Waals surface area contributed by atoms with E-state index in [-0.39, 0.29) is 18.1 Å². The highest BCUT2D eigenvalue weighted by atomic mass is 16.5. The largest absolute Gasteiger partial charge is 0.366 e. The zero-order valence-corrected chi connectivity index (χ0v) is 13.1. The molecule has 1 rings (SSSR count). The minimum Gasteiger partial charge on any atom is -0.366 e. The van der Waals surface area contributed by atoms with Crippen molar-refractivity contribution in [2.24, 2.45) is 0 Å². The molecule has 0 fully saturated rings. The monoisotopic (exact) mass is 278 g/mol. The first kappa shape index (κ1) is 16.7. The zero-order chi connectivity index (χ0) is 15.2. The van der Waals surface area contributed by atoms with Crippen LogP contribution in [0, 0.1) is 0 Å². The van der Waals surface area contributed by atoms with Gasteiger partial charge in [-0.15, -0.1) is 0 Å². The molecule has 20 heavy (non-hydrogen) atoms. The molecular weight excluding hydrogens is 252 g/mol. The third kappa shape index (κ3) is 7.26. The Morgan fingerprint density at radius 2 is 2.00 bits per heavy atom. The van der Waals surface area contributed by atoms with Crippen LogP contribution in [0.25, 0.3) is 0 Å². The molecule has 0 aromatic heterocycles. The highest BCUT2D eigenvalue weighted by Gasteiger charge is 2.13. The molecule has 0 bridgehead atoms. The molecule has 0 aliphatic heterocycles. The minimum atomic E-state index is -0.305. The Morgan fingerprint density at radius 1 is 1.30 bits per heavy atom. The molecule has 4 nitrogen and oxygen atoms in total. The predicted octanol–water partition coefficient (Wildman–Crippen LogP) is 2.94. The van der Waals surface area contributed by atoms with E-state index in [0.717, 1.165) is 17.8 Å². The Bertz CT molecular complexity index is 436. The lowest BCUT2D eigenvalue weighted by molar-refractivity contribution is -0.125. The van der Waals surface area contributed by atoms with Gasteiger partial charge in [-0.2, -0.15) is 0 Å². The Kier molecular flexibility index (Phi) is 6.17. The van der Waals surface area contributed by atoms with Gasteiger partial charge in [0.25, 0.3) is 0 Å².